The Kier molecular flexibility index (Phi) is 5.93. The number of amides is 1. The van der Waals surface area contributed by atoms with E-state index in [4.69, 9.17) is 9.84 Å². The molecule has 2 aromatic carbocycles. The summed E-state index contributed by atoms with van der Waals surface area (Å²) < 4.78 is 35.0. The highest BCUT2D eigenvalue weighted by atomic mass is 19.1. The molecule has 0 aliphatic heterocycles. The monoisotopic (exact) mass is 402 g/mol. The highest BCUT2D eigenvalue weighted by Crippen LogP contribution is 2.35. The van der Waals surface area contributed by atoms with Crippen LogP contribution in [-0.2, 0) is 0 Å². The van der Waals surface area contributed by atoms with E-state index in [-0.39, 0.29) is 5.56 Å². The smallest absolute Gasteiger partial charge is 0.405 e. The number of aromatic nitrogens is 1. The van der Waals surface area contributed by atoms with E-state index in [1.54, 1.807) is 24.3 Å². The van der Waals surface area contributed by atoms with Crippen LogP contribution in [0.15, 0.2) is 42.6 Å². The standard InChI is InChI=1S/C21H20F2N2O4/c1-3-29-20-15-6-4-5-14(13(15)7-8-24-20)19(26)18-16(22)9-12(10-17(18)23)11(2)25-21(27)28/h4-11,19,25-26H,3H2,1-2H3,(H,27,28). The third-order valence-electron chi connectivity index (χ3n) is 4.59. The molecule has 2 atom stereocenters. The summed E-state index contributed by atoms with van der Waals surface area (Å²) in [6, 6.07) is 7.82. The lowest BCUT2D eigenvalue weighted by molar-refractivity contribution is 0.190. The fourth-order valence-corrected chi connectivity index (χ4v) is 3.23. The van der Waals surface area contributed by atoms with Crippen molar-refractivity contribution in [3.63, 3.8) is 0 Å². The van der Waals surface area contributed by atoms with Crippen LogP contribution in [0, 0.1) is 11.6 Å². The van der Waals surface area contributed by atoms with E-state index in [0.717, 1.165) is 12.1 Å². The van der Waals surface area contributed by atoms with Crippen LogP contribution in [0.4, 0.5) is 13.6 Å². The van der Waals surface area contributed by atoms with Crippen LogP contribution >= 0.6 is 0 Å². The van der Waals surface area contributed by atoms with Gasteiger partial charge in [-0.15, -0.1) is 0 Å². The molecule has 0 aliphatic carbocycles. The Morgan fingerprint density at radius 3 is 2.52 bits per heavy atom. The Labute approximate surface area is 165 Å². The number of nitrogens with zero attached hydrogens (tertiary/aromatic N) is 1. The molecule has 0 saturated carbocycles. The van der Waals surface area contributed by atoms with Crippen molar-refractivity contribution in [1.29, 1.82) is 0 Å². The first-order valence-electron chi connectivity index (χ1n) is 9.00. The summed E-state index contributed by atoms with van der Waals surface area (Å²) in [6.45, 7) is 3.67. The first-order valence-corrected chi connectivity index (χ1v) is 9.00. The van der Waals surface area contributed by atoms with Gasteiger partial charge in [0.2, 0.25) is 5.88 Å². The maximum atomic E-state index is 14.7. The zero-order chi connectivity index (χ0) is 21.1. The number of benzene rings is 2. The number of rotatable bonds is 6. The molecule has 6 nitrogen and oxygen atoms in total. The van der Waals surface area contributed by atoms with Gasteiger partial charge in [0.25, 0.3) is 0 Å². The molecule has 0 spiro atoms. The molecule has 1 heterocycles. The quantitative estimate of drug-likeness (QED) is 0.571. The molecule has 0 fully saturated rings. The van der Waals surface area contributed by atoms with Crippen molar-refractivity contribution in [2.24, 2.45) is 0 Å². The number of carboxylic acid groups (broad SMARTS) is 1. The molecule has 8 heteroatoms. The van der Waals surface area contributed by atoms with Crippen molar-refractivity contribution in [2.45, 2.75) is 26.0 Å². The van der Waals surface area contributed by atoms with Crippen molar-refractivity contribution >= 4 is 16.9 Å². The molecule has 1 amide bonds. The average molecular weight is 402 g/mol. The van der Waals surface area contributed by atoms with E-state index in [2.05, 4.69) is 10.3 Å². The number of hydrogen-bond acceptors (Lipinski definition) is 4. The Hall–Kier alpha value is -3.26. The van der Waals surface area contributed by atoms with Crippen LogP contribution in [0.25, 0.3) is 10.8 Å². The van der Waals surface area contributed by atoms with Crippen molar-refractivity contribution in [1.82, 2.24) is 10.3 Å². The SMILES string of the molecule is CCOc1nccc2c(C(O)c3c(F)cc(C(C)NC(=O)O)cc3F)cccc12. The van der Waals surface area contributed by atoms with Gasteiger partial charge >= 0.3 is 6.09 Å². The summed E-state index contributed by atoms with van der Waals surface area (Å²) in [5.41, 5.74) is -0.106. The van der Waals surface area contributed by atoms with Gasteiger partial charge in [0.1, 0.15) is 17.7 Å². The first-order chi connectivity index (χ1) is 13.8. The highest BCUT2D eigenvalue weighted by molar-refractivity contribution is 5.90. The first kappa shape index (κ1) is 20.5. The topological polar surface area (TPSA) is 91.7 Å². The van der Waals surface area contributed by atoms with Crippen LogP contribution in [0.5, 0.6) is 5.88 Å². The molecule has 3 rings (SSSR count). The normalized spacial score (nSPS) is 13.1. The van der Waals surface area contributed by atoms with Crippen LogP contribution in [0.2, 0.25) is 0 Å². The average Bonchev–Trinajstić information content (AvgIpc) is 2.66. The molecular weight excluding hydrogens is 382 g/mol. The summed E-state index contributed by atoms with van der Waals surface area (Å²) in [5, 5.41) is 22.9. The Bertz CT molecular complexity index is 1040. The number of hydrogen-bond donors (Lipinski definition) is 3. The van der Waals surface area contributed by atoms with Gasteiger partial charge in [0.05, 0.1) is 18.2 Å². The summed E-state index contributed by atoms with van der Waals surface area (Å²) in [6.07, 6.45) is -1.39. The predicted molar refractivity (Wildman–Crippen MR) is 103 cm³/mol. The maximum absolute atomic E-state index is 14.7. The number of ether oxygens (including phenoxy) is 1. The molecule has 29 heavy (non-hydrogen) atoms. The van der Waals surface area contributed by atoms with E-state index >= 15 is 0 Å². The number of aliphatic hydroxyl groups is 1. The third kappa shape index (κ3) is 4.12. The second kappa shape index (κ2) is 8.40. The Balaban J connectivity index is 2.06. The molecule has 0 aliphatic rings. The zero-order valence-corrected chi connectivity index (χ0v) is 15.8. The van der Waals surface area contributed by atoms with Gasteiger partial charge in [0, 0.05) is 11.6 Å². The lowest BCUT2D eigenvalue weighted by Gasteiger charge is -2.19. The number of fused-ring (bicyclic) bond motifs is 1. The minimum absolute atomic E-state index is 0.110. The number of aliphatic hydroxyl groups excluding tert-OH is 1. The van der Waals surface area contributed by atoms with Gasteiger partial charge in [-0.2, -0.15) is 0 Å². The Morgan fingerprint density at radius 2 is 1.90 bits per heavy atom. The third-order valence-corrected chi connectivity index (χ3v) is 4.59. The molecule has 152 valence electrons. The highest BCUT2D eigenvalue weighted by Gasteiger charge is 2.24. The van der Waals surface area contributed by atoms with Gasteiger partial charge < -0.3 is 20.3 Å². The number of nitrogens with one attached hydrogen (secondary N) is 1. The molecule has 1 aromatic heterocycles. The summed E-state index contributed by atoms with van der Waals surface area (Å²) in [4.78, 5) is 14.9. The van der Waals surface area contributed by atoms with Gasteiger partial charge in [-0.1, -0.05) is 12.1 Å². The fraction of sp³-hybridized carbons (Fsp3) is 0.238. The maximum Gasteiger partial charge on any atom is 0.405 e. The number of pyridine rings is 1. The summed E-state index contributed by atoms with van der Waals surface area (Å²) in [5.74, 6) is -1.57. The molecular formula is C21H20F2N2O4. The zero-order valence-electron chi connectivity index (χ0n) is 15.8. The van der Waals surface area contributed by atoms with Crippen LogP contribution in [0.3, 0.4) is 0 Å². The van der Waals surface area contributed by atoms with Gasteiger partial charge in [0.15, 0.2) is 0 Å². The molecule has 3 N–H and O–H groups in total. The minimum atomic E-state index is -1.58. The van der Waals surface area contributed by atoms with Gasteiger partial charge in [-0.3, -0.25) is 0 Å². The second-order valence-corrected chi connectivity index (χ2v) is 6.46. The minimum Gasteiger partial charge on any atom is -0.478 e. The van der Waals surface area contributed by atoms with Crippen molar-refractivity contribution in [3.05, 3.63) is 70.9 Å². The van der Waals surface area contributed by atoms with E-state index < -0.39 is 35.4 Å². The number of carbonyl (C=O) groups is 1. The molecule has 2 unspecified atom stereocenters. The van der Waals surface area contributed by atoms with Crippen molar-refractivity contribution in [2.75, 3.05) is 6.61 Å². The Morgan fingerprint density at radius 1 is 1.21 bits per heavy atom. The molecule has 0 bridgehead atoms. The summed E-state index contributed by atoms with van der Waals surface area (Å²) >= 11 is 0. The van der Waals surface area contributed by atoms with Crippen LogP contribution in [0.1, 0.15) is 42.7 Å². The lowest BCUT2D eigenvalue weighted by atomic mass is 9.94. The van der Waals surface area contributed by atoms with Crippen molar-refractivity contribution in [3.8, 4) is 5.88 Å². The second-order valence-electron chi connectivity index (χ2n) is 6.46. The van der Waals surface area contributed by atoms with Crippen LogP contribution < -0.4 is 10.1 Å². The van der Waals surface area contributed by atoms with Crippen LogP contribution in [-0.4, -0.2) is 27.9 Å². The van der Waals surface area contributed by atoms with Gasteiger partial charge in [-0.05, 0) is 54.6 Å². The largest absolute Gasteiger partial charge is 0.478 e. The van der Waals surface area contributed by atoms with E-state index in [1.165, 1.54) is 13.1 Å². The van der Waals surface area contributed by atoms with Crippen molar-refractivity contribution < 1.29 is 28.5 Å². The fourth-order valence-electron chi connectivity index (χ4n) is 3.23. The summed E-state index contributed by atoms with van der Waals surface area (Å²) in [7, 11) is 0. The molecule has 0 saturated heterocycles. The molecule has 0 radical (unpaired) electrons. The lowest BCUT2D eigenvalue weighted by Crippen LogP contribution is -2.24. The predicted octanol–water partition coefficient (Wildman–Crippen LogP) is 4.32. The van der Waals surface area contributed by atoms with E-state index in [0.29, 0.717) is 28.8 Å². The molecule has 3 aromatic rings. The van der Waals surface area contributed by atoms with Gasteiger partial charge in [-0.25, -0.2) is 18.6 Å². The number of halogens is 2. The van der Waals surface area contributed by atoms with E-state index in [1.807, 2.05) is 6.92 Å². The van der Waals surface area contributed by atoms with E-state index in [9.17, 15) is 18.7 Å².